The number of hydrogen-bond donors (Lipinski definition) is 0. The highest BCUT2D eigenvalue weighted by molar-refractivity contribution is 8.13. The van der Waals surface area contributed by atoms with E-state index in [2.05, 4.69) is 4.74 Å². The van der Waals surface area contributed by atoms with Gasteiger partial charge in [0, 0.05) is 10.7 Å². The molecule has 0 N–H and O–H groups in total. The molecule has 0 heterocycles. The van der Waals surface area contributed by atoms with Gasteiger partial charge in [0.2, 0.25) is 0 Å². The first-order valence-electron chi connectivity index (χ1n) is 4.10. The summed E-state index contributed by atoms with van der Waals surface area (Å²) in [5.41, 5.74) is -0.340. The molecule has 0 fully saturated rings. The van der Waals surface area contributed by atoms with Crippen molar-refractivity contribution in [1.29, 1.82) is 0 Å². The summed E-state index contributed by atoms with van der Waals surface area (Å²) in [5, 5.41) is 0. The number of aryl methyl sites for hydroxylation is 1. The van der Waals surface area contributed by atoms with E-state index in [0.29, 0.717) is 0 Å². The lowest BCUT2D eigenvalue weighted by Gasteiger charge is -2.06. The number of rotatable bonds is 2. The Morgan fingerprint density at radius 2 is 2.00 bits per heavy atom. The van der Waals surface area contributed by atoms with Crippen LogP contribution in [-0.2, 0) is 13.8 Å². The van der Waals surface area contributed by atoms with E-state index < -0.39 is 26.4 Å². The van der Waals surface area contributed by atoms with Gasteiger partial charge in [-0.2, -0.15) is 0 Å². The molecule has 1 rings (SSSR count). The summed E-state index contributed by atoms with van der Waals surface area (Å²) in [5.74, 6) is -1.81. The van der Waals surface area contributed by atoms with E-state index in [4.69, 9.17) is 10.7 Å². The Kier molecular flexibility index (Phi) is 3.54. The van der Waals surface area contributed by atoms with Gasteiger partial charge >= 0.3 is 5.97 Å². The van der Waals surface area contributed by atoms with Crippen LogP contribution in [0.2, 0.25) is 0 Å². The van der Waals surface area contributed by atoms with Crippen LogP contribution in [0.1, 0.15) is 15.9 Å². The van der Waals surface area contributed by atoms with Gasteiger partial charge in [-0.05, 0) is 24.6 Å². The van der Waals surface area contributed by atoms with Gasteiger partial charge < -0.3 is 4.74 Å². The molecule has 0 atom stereocenters. The van der Waals surface area contributed by atoms with Crippen LogP contribution in [0.25, 0.3) is 0 Å². The van der Waals surface area contributed by atoms with Crippen LogP contribution < -0.4 is 0 Å². The Balaban J connectivity index is 3.51. The van der Waals surface area contributed by atoms with Crippen molar-refractivity contribution in [2.75, 3.05) is 7.11 Å². The van der Waals surface area contributed by atoms with Crippen molar-refractivity contribution in [3.05, 3.63) is 29.1 Å². The third kappa shape index (κ3) is 2.51. The topological polar surface area (TPSA) is 60.4 Å². The Morgan fingerprint density at radius 3 is 2.44 bits per heavy atom. The van der Waals surface area contributed by atoms with Crippen LogP contribution in [0.15, 0.2) is 17.0 Å². The zero-order valence-corrected chi connectivity index (χ0v) is 10.0. The van der Waals surface area contributed by atoms with Gasteiger partial charge in [0.15, 0.2) is 0 Å². The van der Waals surface area contributed by atoms with E-state index >= 15 is 0 Å². The molecule has 1 aromatic carbocycles. The van der Waals surface area contributed by atoms with Crippen LogP contribution in [-0.4, -0.2) is 21.5 Å². The second-order valence-electron chi connectivity index (χ2n) is 3.03. The van der Waals surface area contributed by atoms with Gasteiger partial charge in [0.25, 0.3) is 9.05 Å². The van der Waals surface area contributed by atoms with E-state index in [9.17, 15) is 17.6 Å². The minimum atomic E-state index is -4.02. The van der Waals surface area contributed by atoms with E-state index in [1.165, 1.54) is 6.92 Å². The number of halogens is 2. The molecular formula is C9H8ClFO4S. The second kappa shape index (κ2) is 4.39. The Labute approximate surface area is 96.4 Å². The molecule has 0 aliphatic carbocycles. The first-order valence-corrected chi connectivity index (χ1v) is 6.41. The van der Waals surface area contributed by atoms with Crippen molar-refractivity contribution < 1.29 is 22.3 Å². The number of methoxy groups -OCH3 is 1. The lowest BCUT2D eigenvalue weighted by atomic mass is 10.1. The highest BCUT2D eigenvalue weighted by Crippen LogP contribution is 2.23. The summed E-state index contributed by atoms with van der Waals surface area (Å²) in [6.07, 6.45) is 0. The molecule has 0 spiro atoms. The molecule has 0 unspecified atom stereocenters. The minimum absolute atomic E-state index is 0.125. The molecule has 0 aromatic heterocycles. The average molecular weight is 267 g/mol. The summed E-state index contributed by atoms with van der Waals surface area (Å²) in [7, 11) is 2.18. The van der Waals surface area contributed by atoms with Crippen molar-refractivity contribution >= 4 is 25.7 Å². The Morgan fingerprint density at radius 1 is 1.44 bits per heavy atom. The van der Waals surface area contributed by atoms with Crippen LogP contribution in [0.4, 0.5) is 4.39 Å². The smallest absolute Gasteiger partial charge is 0.340 e. The summed E-state index contributed by atoms with van der Waals surface area (Å²) in [4.78, 5) is 10.8. The van der Waals surface area contributed by atoms with Crippen molar-refractivity contribution in [2.45, 2.75) is 11.8 Å². The predicted molar refractivity (Wildman–Crippen MR) is 55.5 cm³/mol. The lowest BCUT2D eigenvalue weighted by Crippen LogP contribution is -2.07. The summed E-state index contributed by atoms with van der Waals surface area (Å²) < 4.78 is 39.9. The molecule has 0 saturated carbocycles. The standard InChI is InChI=1S/C9H8ClFO4S/c1-5-3-7(11)6(9(12)15-2)4-8(5)16(10,13)14/h3-4H,1-2H3. The van der Waals surface area contributed by atoms with Gasteiger partial charge in [-0.15, -0.1) is 0 Å². The quantitative estimate of drug-likeness (QED) is 0.605. The zero-order chi connectivity index (χ0) is 12.5. The lowest BCUT2D eigenvalue weighted by molar-refractivity contribution is 0.0595. The normalized spacial score (nSPS) is 11.2. The third-order valence-electron chi connectivity index (χ3n) is 1.93. The maximum atomic E-state index is 13.3. The fourth-order valence-corrected chi connectivity index (χ4v) is 2.38. The monoisotopic (exact) mass is 266 g/mol. The maximum absolute atomic E-state index is 13.3. The second-order valence-corrected chi connectivity index (χ2v) is 5.56. The van der Waals surface area contributed by atoms with E-state index in [1.807, 2.05) is 0 Å². The molecule has 1 aromatic rings. The van der Waals surface area contributed by atoms with Crippen molar-refractivity contribution in [2.24, 2.45) is 0 Å². The number of esters is 1. The van der Waals surface area contributed by atoms with E-state index in [-0.39, 0.29) is 10.5 Å². The predicted octanol–water partition coefficient (Wildman–Crippen LogP) is 1.85. The van der Waals surface area contributed by atoms with Gasteiger partial charge in [0.1, 0.15) is 5.82 Å². The van der Waals surface area contributed by atoms with Crippen LogP contribution in [0.3, 0.4) is 0 Å². The fraction of sp³-hybridized carbons (Fsp3) is 0.222. The molecule has 0 radical (unpaired) electrons. The van der Waals surface area contributed by atoms with Crippen LogP contribution >= 0.6 is 10.7 Å². The molecule has 7 heteroatoms. The molecule has 0 bridgehead atoms. The average Bonchev–Trinajstić information content (AvgIpc) is 2.14. The highest BCUT2D eigenvalue weighted by Gasteiger charge is 2.20. The van der Waals surface area contributed by atoms with Crippen LogP contribution in [0.5, 0.6) is 0 Å². The first kappa shape index (κ1) is 12.9. The highest BCUT2D eigenvalue weighted by atomic mass is 35.7. The fourth-order valence-electron chi connectivity index (χ4n) is 1.18. The Hall–Kier alpha value is -1.14. The number of ether oxygens (including phenoxy) is 1. The minimum Gasteiger partial charge on any atom is -0.465 e. The molecule has 0 amide bonds. The molecule has 0 aliphatic rings. The summed E-state index contributed by atoms with van der Waals surface area (Å²) >= 11 is 0. The van der Waals surface area contributed by atoms with Crippen molar-refractivity contribution in [3.63, 3.8) is 0 Å². The molecule has 88 valence electrons. The number of carbonyl (C=O) groups excluding carboxylic acids is 1. The molecule has 0 aliphatic heterocycles. The molecule has 16 heavy (non-hydrogen) atoms. The van der Waals surface area contributed by atoms with Gasteiger partial charge in [-0.1, -0.05) is 0 Å². The number of hydrogen-bond acceptors (Lipinski definition) is 4. The third-order valence-corrected chi connectivity index (χ3v) is 3.40. The zero-order valence-electron chi connectivity index (χ0n) is 8.45. The number of benzene rings is 1. The number of carbonyl (C=O) groups is 1. The first-order chi connectivity index (χ1) is 7.27. The van der Waals surface area contributed by atoms with Crippen molar-refractivity contribution in [1.82, 2.24) is 0 Å². The largest absolute Gasteiger partial charge is 0.465 e. The van der Waals surface area contributed by atoms with Crippen LogP contribution in [0, 0.1) is 12.7 Å². The van der Waals surface area contributed by atoms with Gasteiger partial charge in [-0.25, -0.2) is 17.6 Å². The van der Waals surface area contributed by atoms with Crippen molar-refractivity contribution in [3.8, 4) is 0 Å². The molecule has 0 saturated heterocycles. The van der Waals surface area contributed by atoms with Gasteiger partial charge in [-0.3, -0.25) is 0 Å². The summed E-state index contributed by atoms with van der Waals surface area (Å²) in [6.45, 7) is 1.37. The molecule has 4 nitrogen and oxygen atoms in total. The Bertz CT molecular complexity index is 539. The molecular weight excluding hydrogens is 259 g/mol. The maximum Gasteiger partial charge on any atom is 0.340 e. The van der Waals surface area contributed by atoms with Gasteiger partial charge in [0.05, 0.1) is 17.6 Å². The van der Waals surface area contributed by atoms with E-state index in [0.717, 1.165) is 19.2 Å². The summed E-state index contributed by atoms with van der Waals surface area (Å²) in [6, 6.07) is 1.78. The SMILES string of the molecule is COC(=O)c1cc(S(=O)(=O)Cl)c(C)cc1F. The van der Waals surface area contributed by atoms with E-state index in [1.54, 1.807) is 0 Å².